The maximum absolute atomic E-state index is 12.4. The normalized spacial score (nSPS) is 22.1. The number of aromatic amines is 1. The highest BCUT2D eigenvalue weighted by atomic mass is 32.2. The SMILES string of the molecule is CCc1ncc(S(=O)(=O)N2CCCC2CC)[nH]1. The third kappa shape index (κ3) is 2.24. The molecular formula is C11H19N3O2S. The average molecular weight is 257 g/mol. The fraction of sp³-hybridized carbons (Fsp3) is 0.727. The Labute approximate surface area is 102 Å². The van der Waals surface area contributed by atoms with E-state index in [2.05, 4.69) is 9.97 Å². The molecule has 1 aromatic heterocycles. The lowest BCUT2D eigenvalue weighted by molar-refractivity contribution is 0.378. The van der Waals surface area contributed by atoms with Crippen LogP contribution in [0.1, 0.15) is 38.9 Å². The van der Waals surface area contributed by atoms with Crippen molar-refractivity contribution >= 4 is 10.0 Å². The zero-order chi connectivity index (χ0) is 12.5. The van der Waals surface area contributed by atoms with Crippen LogP contribution in [0.2, 0.25) is 0 Å². The number of aromatic nitrogens is 2. The van der Waals surface area contributed by atoms with E-state index in [-0.39, 0.29) is 11.1 Å². The minimum atomic E-state index is -3.37. The first-order chi connectivity index (χ1) is 8.09. The summed E-state index contributed by atoms with van der Waals surface area (Å²) in [5, 5.41) is 0.231. The molecule has 96 valence electrons. The number of nitrogens with zero attached hydrogens (tertiary/aromatic N) is 2. The largest absolute Gasteiger partial charge is 0.332 e. The second kappa shape index (κ2) is 4.78. The molecule has 1 N–H and O–H groups in total. The summed E-state index contributed by atoms with van der Waals surface area (Å²) in [7, 11) is -3.37. The summed E-state index contributed by atoms with van der Waals surface area (Å²) < 4.78 is 26.4. The Morgan fingerprint density at radius 1 is 1.53 bits per heavy atom. The molecule has 5 nitrogen and oxygen atoms in total. The van der Waals surface area contributed by atoms with Gasteiger partial charge in [-0.3, -0.25) is 0 Å². The summed E-state index contributed by atoms with van der Waals surface area (Å²) in [6, 6.07) is 0.147. The molecule has 0 aromatic carbocycles. The van der Waals surface area contributed by atoms with Crippen LogP contribution in [-0.2, 0) is 16.4 Å². The summed E-state index contributed by atoms with van der Waals surface area (Å²) in [5.41, 5.74) is 0. The third-order valence-electron chi connectivity index (χ3n) is 3.32. The van der Waals surface area contributed by atoms with Gasteiger partial charge in [0, 0.05) is 19.0 Å². The van der Waals surface area contributed by atoms with Crippen molar-refractivity contribution in [2.24, 2.45) is 0 Å². The van der Waals surface area contributed by atoms with Crippen molar-refractivity contribution in [1.82, 2.24) is 14.3 Å². The van der Waals surface area contributed by atoms with Gasteiger partial charge in [-0.15, -0.1) is 0 Å². The van der Waals surface area contributed by atoms with Crippen LogP contribution in [0.5, 0.6) is 0 Å². The predicted octanol–water partition coefficient (Wildman–Crippen LogP) is 1.54. The molecule has 1 fully saturated rings. The topological polar surface area (TPSA) is 66.1 Å². The second-order valence-corrected chi connectivity index (χ2v) is 6.23. The first-order valence-electron chi connectivity index (χ1n) is 6.15. The molecule has 0 spiro atoms. The maximum atomic E-state index is 12.4. The maximum Gasteiger partial charge on any atom is 0.260 e. The summed E-state index contributed by atoms with van der Waals surface area (Å²) in [6.45, 7) is 4.60. The molecule has 2 heterocycles. The van der Waals surface area contributed by atoms with Crippen LogP contribution in [0.4, 0.5) is 0 Å². The van der Waals surface area contributed by atoms with Gasteiger partial charge in [-0.1, -0.05) is 13.8 Å². The standard InChI is InChI=1S/C11H19N3O2S/c1-3-9-6-5-7-14(9)17(15,16)11-8-12-10(4-2)13-11/h8-9H,3-7H2,1-2H3,(H,12,13). The Morgan fingerprint density at radius 2 is 2.29 bits per heavy atom. The van der Waals surface area contributed by atoms with Crippen LogP contribution < -0.4 is 0 Å². The van der Waals surface area contributed by atoms with Gasteiger partial charge in [0.05, 0.1) is 6.20 Å². The number of aryl methyl sites for hydroxylation is 1. The molecule has 0 aliphatic carbocycles. The fourth-order valence-corrected chi connectivity index (χ4v) is 4.02. The first-order valence-corrected chi connectivity index (χ1v) is 7.59. The Hall–Kier alpha value is -0.880. The number of nitrogens with one attached hydrogen (secondary N) is 1. The average Bonchev–Trinajstić information content (AvgIpc) is 2.97. The van der Waals surface area contributed by atoms with Gasteiger partial charge in [0.25, 0.3) is 10.0 Å². The zero-order valence-corrected chi connectivity index (χ0v) is 11.1. The molecular weight excluding hydrogens is 238 g/mol. The summed E-state index contributed by atoms with van der Waals surface area (Å²) in [6.07, 6.45) is 4.93. The number of hydrogen-bond donors (Lipinski definition) is 1. The van der Waals surface area contributed by atoms with Gasteiger partial charge in [0.1, 0.15) is 5.82 Å². The van der Waals surface area contributed by atoms with E-state index in [0.717, 1.165) is 25.1 Å². The number of hydrogen-bond acceptors (Lipinski definition) is 3. The van der Waals surface area contributed by atoms with E-state index in [4.69, 9.17) is 0 Å². The number of sulfonamides is 1. The van der Waals surface area contributed by atoms with Gasteiger partial charge in [-0.25, -0.2) is 13.4 Å². The molecule has 0 radical (unpaired) electrons. The van der Waals surface area contributed by atoms with Crippen molar-refractivity contribution in [2.45, 2.75) is 50.6 Å². The van der Waals surface area contributed by atoms with Crippen LogP contribution in [0.3, 0.4) is 0 Å². The Morgan fingerprint density at radius 3 is 2.88 bits per heavy atom. The molecule has 1 saturated heterocycles. The van der Waals surface area contributed by atoms with Gasteiger partial charge in [0.2, 0.25) is 0 Å². The summed E-state index contributed by atoms with van der Waals surface area (Å²) in [5.74, 6) is 0.718. The van der Waals surface area contributed by atoms with Crippen LogP contribution in [0.25, 0.3) is 0 Å². The fourth-order valence-electron chi connectivity index (χ4n) is 2.31. The van der Waals surface area contributed by atoms with E-state index < -0.39 is 10.0 Å². The molecule has 17 heavy (non-hydrogen) atoms. The lowest BCUT2D eigenvalue weighted by Gasteiger charge is -2.21. The quantitative estimate of drug-likeness (QED) is 0.889. The van der Waals surface area contributed by atoms with Gasteiger partial charge < -0.3 is 4.98 Å². The van der Waals surface area contributed by atoms with Crippen LogP contribution >= 0.6 is 0 Å². The van der Waals surface area contributed by atoms with Crippen molar-refractivity contribution in [3.05, 3.63) is 12.0 Å². The van der Waals surface area contributed by atoms with Gasteiger partial charge in [-0.05, 0) is 19.3 Å². The molecule has 2 rings (SSSR count). The monoisotopic (exact) mass is 257 g/mol. The van der Waals surface area contributed by atoms with Crippen molar-refractivity contribution in [1.29, 1.82) is 0 Å². The van der Waals surface area contributed by atoms with Crippen molar-refractivity contribution in [3.8, 4) is 0 Å². The van der Waals surface area contributed by atoms with Crippen LogP contribution in [0.15, 0.2) is 11.2 Å². The van der Waals surface area contributed by atoms with Gasteiger partial charge in [-0.2, -0.15) is 4.31 Å². The van der Waals surface area contributed by atoms with Crippen LogP contribution in [-0.4, -0.2) is 35.3 Å². The van der Waals surface area contributed by atoms with E-state index in [9.17, 15) is 8.42 Å². The van der Waals surface area contributed by atoms with Crippen LogP contribution in [0, 0.1) is 0 Å². The Balaban J connectivity index is 2.29. The Bertz CT molecular complexity index is 481. The molecule has 0 amide bonds. The second-order valence-electron chi connectivity index (χ2n) is 4.37. The highest BCUT2D eigenvalue weighted by Crippen LogP contribution is 2.26. The third-order valence-corrected chi connectivity index (χ3v) is 5.18. The number of imidazole rings is 1. The molecule has 1 aliphatic heterocycles. The lowest BCUT2D eigenvalue weighted by atomic mass is 10.2. The van der Waals surface area contributed by atoms with E-state index >= 15 is 0 Å². The number of rotatable bonds is 4. The van der Waals surface area contributed by atoms with Gasteiger partial charge in [0.15, 0.2) is 5.03 Å². The minimum absolute atomic E-state index is 0.147. The molecule has 0 bridgehead atoms. The molecule has 1 unspecified atom stereocenters. The summed E-state index contributed by atoms with van der Waals surface area (Å²) >= 11 is 0. The molecule has 1 aromatic rings. The molecule has 1 atom stereocenters. The van der Waals surface area contributed by atoms with Crippen molar-refractivity contribution < 1.29 is 8.42 Å². The minimum Gasteiger partial charge on any atom is -0.332 e. The zero-order valence-electron chi connectivity index (χ0n) is 10.3. The Kier molecular flexibility index (Phi) is 3.53. The lowest BCUT2D eigenvalue weighted by Crippen LogP contribution is -2.35. The smallest absolute Gasteiger partial charge is 0.260 e. The molecule has 6 heteroatoms. The predicted molar refractivity (Wildman–Crippen MR) is 65.2 cm³/mol. The first kappa shape index (κ1) is 12.6. The highest BCUT2D eigenvalue weighted by Gasteiger charge is 2.35. The molecule has 0 saturated carbocycles. The van der Waals surface area contributed by atoms with E-state index in [0.29, 0.717) is 13.0 Å². The highest BCUT2D eigenvalue weighted by molar-refractivity contribution is 7.89. The van der Waals surface area contributed by atoms with Crippen molar-refractivity contribution in [2.75, 3.05) is 6.54 Å². The van der Waals surface area contributed by atoms with Crippen molar-refractivity contribution in [3.63, 3.8) is 0 Å². The molecule has 1 aliphatic rings. The van der Waals surface area contributed by atoms with Gasteiger partial charge >= 0.3 is 0 Å². The number of H-pyrrole nitrogens is 1. The summed E-state index contributed by atoms with van der Waals surface area (Å²) in [4.78, 5) is 6.95. The van der Waals surface area contributed by atoms with E-state index in [1.165, 1.54) is 6.20 Å². The van der Waals surface area contributed by atoms with E-state index in [1.807, 2.05) is 13.8 Å². The van der Waals surface area contributed by atoms with E-state index in [1.54, 1.807) is 4.31 Å².